The Bertz CT molecular complexity index is 178. The molecule has 0 radical (unpaired) electrons. The van der Waals surface area contributed by atoms with Gasteiger partial charge in [0.1, 0.15) is 0 Å². The van der Waals surface area contributed by atoms with Crippen LogP contribution in [0.4, 0.5) is 0 Å². The van der Waals surface area contributed by atoms with Crippen LogP contribution in [0.3, 0.4) is 0 Å². The Morgan fingerprint density at radius 2 is 1.83 bits per heavy atom. The molecule has 2 heteroatoms. The van der Waals surface area contributed by atoms with Crippen LogP contribution in [0, 0.1) is 11.3 Å². The molecule has 0 unspecified atom stereocenters. The SMILES string of the molecule is CCCCCC(C)(C)CNCCOCCC(C)C. The van der Waals surface area contributed by atoms with E-state index in [9.17, 15) is 0 Å². The standard InChI is InChI=1S/C16H35NO/c1-6-7-8-10-16(4,5)14-17-11-13-18-12-9-15(2)3/h15,17H,6-14H2,1-5H3. The Labute approximate surface area is 115 Å². The maximum Gasteiger partial charge on any atom is 0.0590 e. The molecule has 0 aliphatic rings. The van der Waals surface area contributed by atoms with E-state index in [1.807, 2.05) is 0 Å². The van der Waals surface area contributed by atoms with Crippen LogP contribution in [0.15, 0.2) is 0 Å². The van der Waals surface area contributed by atoms with Gasteiger partial charge in [0.2, 0.25) is 0 Å². The second-order valence-electron chi connectivity index (χ2n) is 6.59. The van der Waals surface area contributed by atoms with E-state index in [0.29, 0.717) is 5.41 Å². The van der Waals surface area contributed by atoms with E-state index in [1.165, 1.54) is 32.1 Å². The van der Waals surface area contributed by atoms with E-state index in [1.54, 1.807) is 0 Å². The van der Waals surface area contributed by atoms with Crippen molar-refractivity contribution < 1.29 is 4.74 Å². The minimum atomic E-state index is 0.424. The molecule has 110 valence electrons. The van der Waals surface area contributed by atoms with Crippen molar-refractivity contribution in [3.05, 3.63) is 0 Å². The fraction of sp³-hybridized carbons (Fsp3) is 1.00. The molecule has 0 fully saturated rings. The Balaban J connectivity index is 3.35. The van der Waals surface area contributed by atoms with Crippen molar-refractivity contribution in [2.45, 2.75) is 66.7 Å². The molecule has 0 bridgehead atoms. The summed E-state index contributed by atoms with van der Waals surface area (Å²) in [6.45, 7) is 15.3. The molecule has 0 aliphatic heterocycles. The second kappa shape index (κ2) is 10.8. The van der Waals surface area contributed by atoms with Gasteiger partial charge < -0.3 is 10.1 Å². The number of unbranched alkanes of at least 4 members (excludes halogenated alkanes) is 2. The molecule has 0 spiro atoms. The molecule has 0 heterocycles. The smallest absolute Gasteiger partial charge is 0.0590 e. The normalized spacial score (nSPS) is 12.3. The predicted octanol–water partition coefficient (Wildman–Crippen LogP) is 4.25. The number of nitrogens with one attached hydrogen (secondary N) is 1. The lowest BCUT2D eigenvalue weighted by Crippen LogP contribution is -2.31. The summed E-state index contributed by atoms with van der Waals surface area (Å²) >= 11 is 0. The molecule has 0 saturated heterocycles. The van der Waals surface area contributed by atoms with Gasteiger partial charge in [-0.2, -0.15) is 0 Å². The highest BCUT2D eigenvalue weighted by Gasteiger charge is 2.16. The van der Waals surface area contributed by atoms with Gasteiger partial charge in [-0.05, 0) is 24.2 Å². The molecule has 18 heavy (non-hydrogen) atoms. The summed E-state index contributed by atoms with van der Waals surface area (Å²) in [7, 11) is 0. The minimum absolute atomic E-state index is 0.424. The van der Waals surface area contributed by atoms with Crippen LogP contribution >= 0.6 is 0 Å². The average molecular weight is 257 g/mol. The first-order chi connectivity index (χ1) is 8.48. The molecular weight excluding hydrogens is 222 g/mol. The summed E-state index contributed by atoms with van der Waals surface area (Å²) in [4.78, 5) is 0. The highest BCUT2D eigenvalue weighted by atomic mass is 16.5. The second-order valence-corrected chi connectivity index (χ2v) is 6.59. The predicted molar refractivity (Wildman–Crippen MR) is 81.1 cm³/mol. The fourth-order valence-electron chi connectivity index (χ4n) is 1.93. The molecule has 0 amide bonds. The number of hydrogen-bond donors (Lipinski definition) is 1. The topological polar surface area (TPSA) is 21.3 Å². The number of hydrogen-bond acceptors (Lipinski definition) is 2. The van der Waals surface area contributed by atoms with Gasteiger partial charge in [0.15, 0.2) is 0 Å². The maximum atomic E-state index is 5.60. The van der Waals surface area contributed by atoms with Gasteiger partial charge in [-0.3, -0.25) is 0 Å². The van der Waals surface area contributed by atoms with E-state index in [-0.39, 0.29) is 0 Å². The Morgan fingerprint density at radius 3 is 2.44 bits per heavy atom. The molecule has 0 atom stereocenters. The monoisotopic (exact) mass is 257 g/mol. The van der Waals surface area contributed by atoms with Gasteiger partial charge in [-0.15, -0.1) is 0 Å². The third-order valence-corrected chi connectivity index (χ3v) is 3.32. The Kier molecular flexibility index (Phi) is 10.8. The zero-order valence-electron chi connectivity index (χ0n) is 13.3. The van der Waals surface area contributed by atoms with Crippen molar-refractivity contribution in [3.8, 4) is 0 Å². The molecule has 0 aromatic heterocycles. The van der Waals surface area contributed by atoms with E-state index >= 15 is 0 Å². The first-order valence-corrected chi connectivity index (χ1v) is 7.76. The first-order valence-electron chi connectivity index (χ1n) is 7.76. The lowest BCUT2D eigenvalue weighted by atomic mass is 9.87. The van der Waals surface area contributed by atoms with Gasteiger partial charge in [0.25, 0.3) is 0 Å². The van der Waals surface area contributed by atoms with Crippen molar-refractivity contribution in [1.29, 1.82) is 0 Å². The summed E-state index contributed by atoms with van der Waals surface area (Å²) in [6, 6.07) is 0. The highest BCUT2D eigenvalue weighted by molar-refractivity contribution is 4.71. The lowest BCUT2D eigenvalue weighted by Gasteiger charge is -2.25. The van der Waals surface area contributed by atoms with Crippen LogP contribution in [0.2, 0.25) is 0 Å². The molecular formula is C16H35NO. The summed E-state index contributed by atoms with van der Waals surface area (Å²) < 4.78 is 5.60. The third kappa shape index (κ3) is 12.4. The molecule has 0 aromatic rings. The molecule has 0 aliphatic carbocycles. The molecule has 2 nitrogen and oxygen atoms in total. The molecule has 1 N–H and O–H groups in total. The van der Waals surface area contributed by atoms with Crippen LogP contribution in [-0.4, -0.2) is 26.3 Å². The Morgan fingerprint density at radius 1 is 1.11 bits per heavy atom. The largest absolute Gasteiger partial charge is 0.380 e. The first kappa shape index (κ1) is 17.9. The van der Waals surface area contributed by atoms with Gasteiger partial charge in [-0.1, -0.05) is 53.9 Å². The van der Waals surface area contributed by atoms with Crippen LogP contribution in [0.1, 0.15) is 66.7 Å². The van der Waals surface area contributed by atoms with Gasteiger partial charge in [0.05, 0.1) is 6.61 Å². The van der Waals surface area contributed by atoms with Crippen molar-refractivity contribution in [2.75, 3.05) is 26.3 Å². The van der Waals surface area contributed by atoms with Gasteiger partial charge in [0, 0.05) is 19.7 Å². The van der Waals surface area contributed by atoms with E-state index in [2.05, 4.69) is 39.9 Å². The highest BCUT2D eigenvalue weighted by Crippen LogP contribution is 2.22. The zero-order chi connectivity index (χ0) is 13.9. The van der Waals surface area contributed by atoms with E-state index in [0.717, 1.165) is 32.2 Å². The van der Waals surface area contributed by atoms with Gasteiger partial charge >= 0.3 is 0 Å². The van der Waals surface area contributed by atoms with Crippen LogP contribution in [0.5, 0.6) is 0 Å². The van der Waals surface area contributed by atoms with Crippen LogP contribution in [-0.2, 0) is 4.74 Å². The fourth-order valence-corrected chi connectivity index (χ4v) is 1.93. The quantitative estimate of drug-likeness (QED) is 0.528. The minimum Gasteiger partial charge on any atom is -0.380 e. The van der Waals surface area contributed by atoms with Crippen LogP contribution < -0.4 is 5.32 Å². The Hall–Kier alpha value is -0.0800. The van der Waals surface area contributed by atoms with Crippen molar-refractivity contribution in [1.82, 2.24) is 5.32 Å². The molecule has 0 saturated carbocycles. The van der Waals surface area contributed by atoms with Crippen molar-refractivity contribution in [2.24, 2.45) is 11.3 Å². The number of ether oxygens (including phenoxy) is 1. The summed E-state index contributed by atoms with van der Waals surface area (Å²) in [5.41, 5.74) is 0.424. The van der Waals surface area contributed by atoms with Crippen molar-refractivity contribution >= 4 is 0 Å². The lowest BCUT2D eigenvalue weighted by molar-refractivity contribution is 0.123. The van der Waals surface area contributed by atoms with Crippen molar-refractivity contribution in [3.63, 3.8) is 0 Å². The van der Waals surface area contributed by atoms with E-state index in [4.69, 9.17) is 4.74 Å². The summed E-state index contributed by atoms with van der Waals surface area (Å²) in [5, 5.41) is 3.52. The summed E-state index contributed by atoms with van der Waals surface area (Å²) in [6.07, 6.45) is 6.52. The molecule has 0 rings (SSSR count). The average Bonchev–Trinajstić information content (AvgIpc) is 2.27. The maximum absolute atomic E-state index is 5.60. The van der Waals surface area contributed by atoms with Crippen LogP contribution in [0.25, 0.3) is 0 Å². The zero-order valence-corrected chi connectivity index (χ0v) is 13.3. The number of rotatable bonds is 12. The van der Waals surface area contributed by atoms with E-state index < -0.39 is 0 Å². The van der Waals surface area contributed by atoms with Gasteiger partial charge in [-0.25, -0.2) is 0 Å². The third-order valence-electron chi connectivity index (χ3n) is 3.32. The molecule has 0 aromatic carbocycles. The summed E-state index contributed by atoms with van der Waals surface area (Å²) in [5.74, 6) is 0.746.